The molecule has 1 unspecified atom stereocenters. The number of carbonyl (C=O) groups excluding carboxylic acids is 2. The number of hydrogen-bond donors (Lipinski definition) is 2. The van der Waals surface area contributed by atoms with Gasteiger partial charge in [-0.3, -0.25) is 14.7 Å². The van der Waals surface area contributed by atoms with Crippen molar-refractivity contribution in [2.75, 3.05) is 11.9 Å². The first-order chi connectivity index (χ1) is 9.58. The number of carbonyl (C=O) groups is 2. The summed E-state index contributed by atoms with van der Waals surface area (Å²) in [6, 6.07) is -0.397. The molecule has 1 saturated heterocycles. The van der Waals surface area contributed by atoms with Crippen LogP contribution in [0.3, 0.4) is 0 Å². The Morgan fingerprint density at radius 1 is 1.50 bits per heavy atom. The van der Waals surface area contributed by atoms with Crippen LogP contribution in [0.5, 0.6) is 0 Å². The number of amides is 2. The van der Waals surface area contributed by atoms with Gasteiger partial charge < -0.3 is 10.2 Å². The van der Waals surface area contributed by atoms with Crippen molar-refractivity contribution >= 4 is 17.6 Å². The standard InChI is InChI=1S/C14H22N4O2/c1-4-10-9(3)13(17-16-10)15-14(20)11(5-2)18-8-6-7-12(18)19/h11H,4-8H2,1-3H3,(H2,15,16,17,20). The van der Waals surface area contributed by atoms with Gasteiger partial charge in [-0.1, -0.05) is 13.8 Å². The van der Waals surface area contributed by atoms with E-state index in [-0.39, 0.29) is 11.8 Å². The van der Waals surface area contributed by atoms with Gasteiger partial charge in [-0.2, -0.15) is 5.10 Å². The largest absolute Gasteiger partial charge is 0.331 e. The predicted molar refractivity (Wildman–Crippen MR) is 76.4 cm³/mol. The van der Waals surface area contributed by atoms with E-state index in [1.807, 2.05) is 20.8 Å². The summed E-state index contributed by atoms with van der Waals surface area (Å²) in [5, 5.41) is 9.89. The third-order valence-electron chi connectivity index (χ3n) is 3.88. The fourth-order valence-corrected chi connectivity index (χ4v) is 2.65. The summed E-state index contributed by atoms with van der Waals surface area (Å²) in [5.41, 5.74) is 1.98. The number of aromatic amines is 1. The highest BCUT2D eigenvalue weighted by Crippen LogP contribution is 2.19. The molecule has 6 heteroatoms. The Balaban J connectivity index is 2.09. The van der Waals surface area contributed by atoms with Gasteiger partial charge in [0.1, 0.15) is 6.04 Å². The summed E-state index contributed by atoms with van der Waals surface area (Å²) < 4.78 is 0. The molecule has 110 valence electrons. The molecule has 2 amide bonds. The topological polar surface area (TPSA) is 78.1 Å². The first-order valence-electron chi connectivity index (χ1n) is 7.22. The lowest BCUT2D eigenvalue weighted by molar-refractivity contribution is -0.135. The van der Waals surface area contributed by atoms with Gasteiger partial charge in [0.2, 0.25) is 11.8 Å². The molecule has 0 aromatic carbocycles. The molecule has 0 radical (unpaired) electrons. The van der Waals surface area contributed by atoms with Crippen molar-refractivity contribution < 1.29 is 9.59 Å². The molecule has 0 aliphatic carbocycles. The molecule has 1 aliphatic heterocycles. The molecular weight excluding hydrogens is 256 g/mol. The third kappa shape index (κ3) is 2.69. The Labute approximate surface area is 118 Å². The van der Waals surface area contributed by atoms with Gasteiger partial charge in [-0.05, 0) is 26.2 Å². The molecule has 2 heterocycles. The van der Waals surface area contributed by atoms with Crippen LogP contribution in [0.4, 0.5) is 5.82 Å². The number of anilines is 1. The summed E-state index contributed by atoms with van der Waals surface area (Å²) in [6.45, 7) is 6.55. The first kappa shape index (κ1) is 14.6. The number of H-pyrrole nitrogens is 1. The van der Waals surface area contributed by atoms with E-state index in [4.69, 9.17) is 0 Å². The van der Waals surface area contributed by atoms with Gasteiger partial charge in [0, 0.05) is 24.2 Å². The van der Waals surface area contributed by atoms with Crippen LogP contribution in [0.2, 0.25) is 0 Å². The van der Waals surface area contributed by atoms with E-state index in [1.54, 1.807) is 4.90 Å². The normalized spacial score (nSPS) is 16.6. The zero-order valence-corrected chi connectivity index (χ0v) is 12.3. The number of aromatic nitrogens is 2. The summed E-state index contributed by atoms with van der Waals surface area (Å²) in [7, 11) is 0. The molecule has 1 fully saturated rings. The van der Waals surface area contributed by atoms with Crippen molar-refractivity contribution in [2.45, 2.75) is 52.5 Å². The van der Waals surface area contributed by atoms with Crippen molar-refractivity contribution in [1.29, 1.82) is 0 Å². The first-order valence-corrected chi connectivity index (χ1v) is 7.22. The number of aryl methyl sites for hydroxylation is 1. The Morgan fingerprint density at radius 3 is 2.75 bits per heavy atom. The van der Waals surface area contributed by atoms with Gasteiger partial charge in [0.15, 0.2) is 5.82 Å². The second-order valence-corrected chi connectivity index (χ2v) is 5.13. The van der Waals surface area contributed by atoms with Crippen molar-refractivity contribution in [3.63, 3.8) is 0 Å². The molecule has 1 aromatic rings. The van der Waals surface area contributed by atoms with Crippen LogP contribution in [0.15, 0.2) is 0 Å². The predicted octanol–water partition coefficient (Wildman–Crippen LogP) is 1.62. The Bertz CT molecular complexity index is 509. The van der Waals surface area contributed by atoms with E-state index < -0.39 is 6.04 Å². The summed E-state index contributed by atoms with van der Waals surface area (Å²) >= 11 is 0. The monoisotopic (exact) mass is 278 g/mol. The van der Waals surface area contributed by atoms with Gasteiger partial charge in [0.25, 0.3) is 0 Å². The zero-order valence-electron chi connectivity index (χ0n) is 12.3. The molecule has 0 spiro atoms. The van der Waals surface area contributed by atoms with Crippen molar-refractivity contribution in [3.05, 3.63) is 11.3 Å². The minimum Gasteiger partial charge on any atom is -0.331 e. The maximum Gasteiger partial charge on any atom is 0.248 e. The lowest BCUT2D eigenvalue weighted by Crippen LogP contribution is -2.44. The van der Waals surface area contributed by atoms with E-state index in [0.717, 1.165) is 24.1 Å². The van der Waals surface area contributed by atoms with Gasteiger partial charge in [-0.15, -0.1) is 0 Å². The van der Waals surface area contributed by atoms with Gasteiger partial charge in [-0.25, -0.2) is 0 Å². The molecule has 0 saturated carbocycles. The van der Waals surface area contributed by atoms with Gasteiger partial charge in [0.05, 0.1) is 0 Å². The molecule has 2 N–H and O–H groups in total. The number of likely N-dealkylation sites (tertiary alicyclic amines) is 1. The van der Waals surface area contributed by atoms with E-state index in [0.29, 0.717) is 25.2 Å². The molecule has 20 heavy (non-hydrogen) atoms. The van der Waals surface area contributed by atoms with Crippen LogP contribution in [0, 0.1) is 6.92 Å². The minimum atomic E-state index is -0.397. The van der Waals surface area contributed by atoms with E-state index in [1.165, 1.54) is 0 Å². The highest BCUT2D eigenvalue weighted by molar-refractivity contribution is 5.97. The molecule has 6 nitrogen and oxygen atoms in total. The van der Waals surface area contributed by atoms with Crippen molar-refractivity contribution in [3.8, 4) is 0 Å². The van der Waals surface area contributed by atoms with E-state index in [9.17, 15) is 9.59 Å². The lowest BCUT2D eigenvalue weighted by Gasteiger charge is -2.25. The average molecular weight is 278 g/mol. The summed E-state index contributed by atoms with van der Waals surface area (Å²) in [5.74, 6) is 0.483. The summed E-state index contributed by atoms with van der Waals surface area (Å²) in [4.78, 5) is 25.8. The third-order valence-corrected chi connectivity index (χ3v) is 3.88. The second kappa shape index (κ2) is 6.07. The molecule has 0 bridgehead atoms. The zero-order chi connectivity index (χ0) is 14.7. The molecule has 2 rings (SSSR count). The van der Waals surface area contributed by atoms with E-state index in [2.05, 4.69) is 15.5 Å². The molecule has 1 aromatic heterocycles. The summed E-state index contributed by atoms with van der Waals surface area (Å²) in [6.07, 6.45) is 2.84. The Morgan fingerprint density at radius 2 is 2.25 bits per heavy atom. The van der Waals surface area contributed by atoms with E-state index >= 15 is 0 Å². The van der Waals surface area contributed by atoms with Crippen LogP contribution < -0.4 is 5.32 Å². The number of nitrogens with zero attached hydrogens (tertiary/aromatic N) is 2. The number of hydrogen-bond acceptors (Lipinski definition) is 3. The molecule has 1 atom stereocenters. The fraction of sp³-hybridized carbons (Fsp3) is 0.643. The maximum atomic E-state index is 12.4. The van der Waals surface area contributed by atoms with Crippen LogP contribution in [-0.2, 0) is 16.0 Å². The highest BCUT2D eigenvalue weighted by Gasteiger charge is 2.32. The SMILES string of the molecule is CCc1[nH]nc(NC(=O)C(CC)N2CCCC2=O)c1C. The highest BCUT2D eigenvalue weighted by atomic mass is 16.2. The smallest absolute Gasteiger partial charge is 0.248 e. The molecule has 1 aliphatic rings. The quantitative estimate of drug-likeness (QED) is 0.859. The maximum absolute atomic E-state index is 12.4. The van der Waals surface area contributed by atoms with Crippen LogP contribution in [0.1, 0.15) is 44.4 Å². The number of rotatable bonds is 5. The second-order valence-electron chi connectivity index (χ2n) is 5.13. The minimum absolute atomic E-state index is 0.0694. The average Bonchev–Trinajstić information content (AvgIpc) is 2.99. The molecular formula is C14H22N4O2. The Hall–Kier alpha value is -1.85. The van der Waals surface area contributed by atoms with Crippen LogP contribution in [-0.4, -0.2) is 39.5 Å². The van der Waals surface area contributed by atoms with Crippen LogP contribution >= 0.6 is 0 Å². The lowest BCUT2D eigenvalue weighted by atomic mass is 10.1. The van der Waals surface area contributed by atoms with Gasteiger partial charge >= 0.3 is 0 Å². The van der Waals surface area contributed by atoms with Crippen molar-refractivity contribution in [1.82, 2.24) is 15.1 Å². The Kier molecular flexibility index (Phi) is 4.42. The van der Waals surface area contributed by atoms with Crippen molar-refractivity contribution in [2.24, 2.45) is 0 Å². The number of nitrogens with one attached hydrogen (secondary N) is 2. The van der Waals surface area contributed by atoms with Crippen LogP contribution in [0.25, 0.3) is 0 Å². The fourth-order valence-electron chi connectivity index (χ4n) is 2.65.